The summed E-state index contributed by atoms with van der Waals surface area (Å²) in [4.78, 5) is 93.6. The predicted octanol–water partition coefficient (Wildman–Crippen LogP) is 5.29. The minimum atomic E-state index is -1.43. The zero-order valence-corrected chi connectivity index (χ0v) is 40.3. The topological polar surface area (TPSA) is 232 Å². The third kappa shape index (κ3) is 10.6. The highest BCUT2D eigenvalue weighted by Crippen LogP contribution is 2.70. The van der Waals surface area contributed by atoms with Crippen LogP contribution in [0.2, 0.25) is 0 Å². The van der Waals surface area contributed by atoms with Gasteiger partial charge in [-0.05, 0) is 93.5 Å². The molecule has 17 heteroatoms. The molecule has 4 fully saturated rings. The number of carbonyl (C=O) groups excluding carboxylic acids is 8. The van der Waals surface area contributed by atoms with E-state index in [2.05, 4.69) is 22.9 Å². The van der Waals surface area contributed by atoms with Crippen LogP contribution in [0.3, 0.4) is 0 Å². The number of allylic oxidation sites excluding steroid dienone is 4. The fraction of sp³-hybridized carbons (Fsp3) is 0.540. The summed E-state index contributed by atoms with van der Waals surface area (Å²) in [6.45, 7) is 8.64. The number of amides is 3. The van der Waals surface area contributed by atoms with Gasteiger partial charge in [0.1, 0.15) is 6.61 Å². The minimum absolute atomic E-state index is 0.00728. The van der Waals surface area contributed by atoms with Crippen LogP contribution in [0.5, 0.6) is 0 Å². The molecule has 4 aliphatic carbocycles. The largest absolute Gasteiger partial charge is 0.393 e. The second-order valence-electron chi connectivity index (χ2n) is 18.7. The number of anilines is 1. The molecule has 7 rings (SSSR count). The number of ketones is 3. The molecular formula is C50H61N3O12S2. The monoisotopic (exact) mass is 959 g/mol. The van der Waals surface area contributed by atoms with Crippen LogP contribution in [-0.2, 0) is 53.6 Å². The lowest BCUT2D eigenvalue weighted by Crippen LogP contribution is -2.63. The average Bonchev–Trinajstić information content (AvgIpc) is 3.81. The number of hydrogen-bond donors (Lipinski definition) is 5. The Bertz CT molecular complexity index is 2320. The second kappa shape index (κ2) is 21.7. The van der Waals surface area contributed by atoms with Crippen molar-refractivity contribution >= 4 is 70.4 Å². The van der Waals surface area contributed by atoms with Gasteiger partial charge in [0.15, 0.2) is 29.2 Å². The van der Waals surface area contributed by atoms with E-state index in [0.29, 0.717) is 24.3 Å². The number of hydrogen-bond acceptors (Lipinski definition) is 14. The number of rotatable bonds is 17. The Morgan fingerprint density at radius 3 is 2.42 bits per heavy atom. The second-order valence-corrected chi connectivity index (χ2v) is 21.0. The Labute approximate surface area is 399 Å². The molecule has 0 aromatic heterocycles. The van der Waals surface area contributed by atoms with Crippen molar-refractivity contribution in [2.75, 3.05) is 24.7 Å². The van der Waals surface area contributed by atoms with E-state index in [4.69, 9.17) is 19.1 Å². The van der Waals surface area contributed by atoms with Crippen LogP contribution < -0.4 is 16.0 Å². The Hall–Kier alpha value is -4.74. The zero-order chi connectivity index (χ0) is 48.8. The van der Waals surface area contributed by atoms with Crippen LogP contribution in [-0.4, -0.2) is 99.9 Å². The lowest BCUT2D eigenvalue weighted by Gasteiger charge is -2.59. The van der Waals surface area contributed by atoms with Gasteiger partial charge in [-0.2, -0.15) is 21.4 Å². The predicted molar refractivity (Wildman–Crippen MR) is 250 cm³/mol. The Balaban J connectivity index is 0.00000240. The molecule has 3 saturated carbocycles. The molecule has 1 aliphatic heterocycles. The van der Waals surface area contributed by atoms with Crippen LogP contribution in [0.4, 0.5) is 5.69 Å². The fourth-order valence-electron chi connectivity index (χ4n) is 11.2. The maximum Gasteiger partial charge on any atom is 0.373 e. The van der Waals surface area contributed by atoms with E-state index in [9.17, 15) is 39.0 Å². The van der Waals surface area contributed by atoms with Gasteiger partial charge in [0.2, 0.25) is 17.7 Å². The van der Waals surface area contributed by atoms with Crippen molar-refractivity contribution in [3.63, 3.8) is 0 Å². The molecule has 2 aromatic rings. The highest BCUT2D eigenvalue weighted by molar-refractivity contribution is 7.99. The van der Waals surface area contributed by atoms with Gasteiger partial charge < -0.3 is 35.6 Å². The number of thioether (sulfide) groups is 2. The van der Waals surface area contributed by atoms with Gasteiger partial charge in [-0.3, -0.25) is 28.8 Å². The van der Waals surface area contributed by atoms with Crippen molar-refractivity contribution in [2.45, 2.75) is 119 Å². The summed E-state index contributed by atoms with van der Waals surface area (Å²) >= 11 is 2.99. The quantitative estimate of drug-likeness (QED) is 0.127. The first-order valence-electron chi connectivity index (χ1n) is 22.7. The van der Waals surface area contributed by atoms with Gasteiger partial charge in [0.25, 0.3) is 0 Å². The minimum Gasteiger partial charge on any atom is -0.393 e. The van der Waals surface area contributed by atoms with E-state index in [1.807, 2.05) is 61.7 Å². The molecule has 1 heterocycles. The number of aliphatic hydroxyl groups excluding tert-OH is 2. The van der Waals surface area contributed by atoms with Crippen LogP contribution in [0.15, 0.2) is 77.2 Å². The summed E-state index contributed by atoms with van der Waals surface area (Å²) in [7, 11) is 0. The van der Waals surface area contributed by atoms with E-state index in [-0.39, 0.29) is 77.8 Å². The molecule has 67 heavy (non-hydrogen) atoms. The van der Waals surface area contributed by atoms with Crippen molar-refractivity contribution in [3.05, 3.63) is 83.5 Å². The van der Waals surface area contributed by atoms with Crippen LogP contribution >= 0.6 is 23.5 Å². The van der Waals surface area contributed by atoms with Crippen molar-refractivity contribution in [1.29, 1.82) is 0 Å². The average molecular weight is 960 g/mol. The molecule has 1 saturated heterocycles. The maximum absolute atomic E-state index is 13.9. The highest BCUT2D eigenvalue weighted by Gasteiger charge is 2.76. The third-order valence-electron chi connectivity index (χ3n) is 14.7. The smallest absolute Gasteiger partial charge is 0.373 e. The molecule has 15 nitrogen and oxygen atoms in total. The zero-order valence-electron chi connectivity index (χ0n) is 38.7. The van der Waals surface area contributed by atoms with Crippen molar-refractivity contribution in [2.24, 2.45) is 34.5 Å². The van der Waals surface area contributed by atoms with Crippen molar-refractivity contribution < 1.29 is 58.0 Å². The van der Waals surface area contributed by atoms with E-state index >= 15 is 0 Å². The third-order valence-corrected chi connectivity index (χ3v) is 16.7. The van der Waals surface area contributed by atoms with Crippen molar-refractivity contribution in [3.8, 4) is 0 Å². The summed E-state index contributed by atoms with van der Waals surface area (Å²) in [5.41, 5.74) is 0.756. The van der Waals surface area contributed by atoms with E-state index in [0.717, 1.165) is 34.4 Å². The Morgan fingerprint density at radius 1 is 1.01 bits per heavy atom. The highest BCUT2D eigenvalue weighted by atomic mass is 32.2. The maximum atomic E-state index is 13.9. The molecule has 0 bridgehead atoms. The number of benzene rings is 2. The van der Waals surface area contributed by atoms with Gasteiger partial charge in [-0.25, -0.2) is 0 Å². The van der Waals surface area contributed by atoms with Crippen LogP contribution in [0.25, 0.3) is 0 Å². The molecule has 12 atom stereocenters. The van der Waals surface area contributed by atoms with Gasteiger partial charge in [-0.15, -0.1) is 11.8 Å². The van der Waals surface area contributed by atoms with Crippen LogP contribution in [0.1, 0.15) is 90.6 Å². The molecule has 3 amide bonds. The van der Waals surface area contributed by atoms with Gasteiger partial charge in [-0.1, -0.05) is 62.8 Å². The van der Waals surface area contributed by atoms with E-state index < -0.39 is 59.3 Å². The molecule has 0 radical (unpaired) electrons. The summed E-state index contributed by atoms with van der Waals surface area (Å²) < 4.78 is 13.4. The molecule has 5 aliphatic rings. The number of fused-ring (bicyclic) bond motifs is 7. The molecule has 360 valence electrons. The summed E-state index contributed by atoms with van der Waals surface area (Å²) in [6.07, 6.45) is 7.59. The van der Waals surface area contributed by atoms with Crippen LogP contribution in [0, 0.1) is 34.5 Å². The lowest BCUT2D eigenvalue weighted by atomic mass is 9.46. The standard InChI is InChI=1S/C49H61N3O10S2.CO2/c1-27(20-38(55)28(2)51-42(58)17-19-50-45(60)29(3)63-6)44(59)52-33-8-7-9-35(22-33)64-26-30-10-12-31(13-11-30)46-61-41-23-37-36-15-14-32-21-34(54)16-18-47(32,4)43(36)39(56)24-48(37,5)49(41,62-46)40(57)25-53;2-1-3/h7-13,16,18,21-22,27-29,36-37,39,41,43,46,53,56H,14-15,17,19-20,23-26H2,1-6H3,(H,50,60)(H,51,58)(H,52,59);/t27-,28+,29?,36+,37+,39+,41-,43-,46-,47+,48+,49-;/m1./s1. The molecule has 0 spiro atoms. The summed E-state index contributed by atoms with van der Waals surface area (Å²) in [5, 5.41) is 30.3. The first kappa shape index (κ1) is 51.6. The molecular weight excluding hydrogens is 899 g/mol. The molecule has 1 unspecified atom stereocenters. The number of nitrogens with one attached hydrogen (secondary N) is 3. The lowest BCUT2D eigenvalue weighted by molar-refractivity contribution is -0.201. The SMILES string of the molecule is CSC(C)C(=O)NCCC(=O)N[C@@H](C)C(=O)C[C@@H](C)C(=O)Nc1cccc(SCc2ccc([C@@H]3O[C@@H]4C[C@H]5[C@@H]6CCC7=CC(=O)C=C[C@]7(C)[C@H]6[C@@H](O)C[C@]5(C)[C@]4(C(=O)CO)O3)cc2)c1.O=C=O. The normalized spacial score (nSPS) is 30.3. The first-order valence-corrected chi connectivity index (χ1v) is 25.0. The fourth-order valence-corrected chi connectivity index (χ4v) is 12.4. The van der Waals surface area contributed by atoms with E-state index in [1.165, 1.54) is 11.8 Å². The number of aliphatic hydroxyl groups is 2. The summed E-state index contributed by atoms with van der Waals surface area (Å²) in [6, 6.07) is 14.5. The Morgan fingerprint density at radius 2 is 1.73 bits per heavy atom. The summed E-state index contributed by atoms with van der Waals surface area (Å²) in [5.74, 6) is -1.60. The molecule has 2 aromatic carbocycles. The number of Topliss-reactive ketones (excluding diaryl/α,β-unsaturated/α-hetero) is 2. The van der Waals surface area contributed by atoms with Gasteiger partial charge in [0.05, 0.1) is 23.5 Å². The Kier molecular flexibility index (Phi) is 16.7. The van der Waals surface area contributed by atoms with Crippen molar-refractivity contribution in [1.82, 2.24) is 10.6 Å². The molecule has 5 N–H and O–H groups in total. The first-order chi connectivity index (χ1) is 31.8. The number of ether oxygens (including phenoxy) is 2. The number of carbonyl (C=O) groups is 6. The van der Waals surface area contributed by atoms with E-state index in [1.54, 1.807) is 50.8 Å². The van der Waals surface area contributed by atoms with Gasteiger partial charge in [0, 0.05) is 64.0 Å². The van der Waals surface area contributed by atoms with Gasteiger partial charge >= 0.3 is 6.15 Å².